The fourth-order valence-corrected chi connectivity index (χ4v) is 4.79. The summed E-state index contributed by atoms with van der Waals surface area (Å²) in [6, 6.07) is 18.0. The Hall–Kier alpha value is -2.85. The molecule has 1 aromatic heterocycles. The molecule has 4 nitrogen and oxygen atoms in total. The zero-order chi connectivity index (χ0) is 22.5. The van der Waals surface area contributed by atoms with E-state index in [0.29, 0.717) is 5.92 Å². The number of anilines is 1. The highest BCUT2D eigenvalue weighted by atomic mass is 15.2. The molecule has 2 heterocycles. The van der Waals surface area contributed by atoms with Crippen LogP contribution in [0.2, 0.25) is 0 Å². The van der Waals surface area contributed by atoms with Crippen molar-refractivity contribution in [2.45, 2.75) is 39.0 Å². The summed E-state index contributed by atoms with van der Waals surface area (Å²) in [4.78, 5) is 7.60. The van der Waals surface area contributed by atoms with Crippen LogP contribution in [-0.2, 0) is 12.8 Å². The molecule has 0 unspecified atom stereocenters. The Kier molecular flexibility index (Phi) is 7.11. The summed E-state index contributed by atoms with van der Waals surface area (Å²) < 4.78 is 0. The van der Waals surface area contributed by atoms with Gasteiger partial charge in [-0.2, -0.15) is 0 Å². The van der Waals surface area contributed by atoms with Gasteiger partial charge in [0.05, 0.1) is 11.2 Å². The molecule has 3 aromatic rings. The number of hydrogen-bond donors (Lipinski definition) is 2. The third-order valence-electron chi connectivity index (χ3n) is 6.58. The summed E-state index contributed by atoms with van der Waals surface area (Å²) in [5, 5.41) is 4.46. The van der Waals surface area contributed by atoms with Crippen molar-refractivity contribution in [2.75, 3.05) is 31.6 Å². The summed E-state index contributed by atoms with van der Waals surface area (Å²) in [7, 11) is 2.00. The first-order valence-electron chi connectivity index (χ1n) is 11.9. The Morgan fingerprint density at radius 2 is 1.94 bits per heavy atom. The molecular weight excluding hydrogens is 392 g/mol. The van der Waals surface area contributed by atoms with Crippen molar-refractivity contribution in [1.82, 2.24) is 10.3 Å². The molecule has 32 heavy (non-hydrogen) atoms. The second-order valence-corrected chi connectivity index (χ2v) is 9.10. The van der Waals surface area contributed by atoms with Gasteiger partial charge in [-0.3, -0.25) is 0 Å². The standard InChI is InChI=1S/C28H36N4/c1-4-21-9-12-25-27(17-21)31-26(24-10-7-22(8-11-24)6-5-14-30-3)18-28(25)32-15-13-23(19-32)16-20(2)29/h7-12,17-18,23,30H,2,4-6,13-16,19,29H2,1,3H3/t23-/m0/s1. The summed E-state index contributed by atoms with van der Waals surface area (Å²) in [6.45, 7) is 9.23. The van der Waals surface area contributed by atoms with E-state index in [2.05, 4.69) is 72.3 Å². The first-order valence-corrected chi connectivity index (χ1v) is 11.9. The number of nitrogens with two attached hydrogens (primary N) is 1. The minimum Gasteiger partial charge on any atom is -0.403 e. The molecule has 1 fully saturated rings. The lowest BCUT2D eigenvalue weighted by molar-refractivity contribution is 0.581. The fraction of sp³-hybridized carbons (Fsp3) is 0.393. The van der Waals surface area contributed by atoms with E-state index >= 15 is 0 Å². The number of allylic oxidation sites excluding steroid dienone is 1. The Balaban J connectivity index is 1.68. The van der Waals surface area contributed by atoms with Crippen molar-refractivity contribution in [2.24, 2.45) is 11.7 Å². The highest BCUT2D eigenvalue weighted by Gasteiger charge is 2.25. The van der Waals surface area contributed by atoms with Gasteiger partial charge in [-0.15, -0.1) is 0 Å². The van der Waals surface area contributed by atoms with Crippen LogP contribution in [0.1, 0.15) is 37.3 Å². The van der Waals surface area contributed by atoms with E-state index in [9.17, 15) is 0 Å². The average molecular weight is 429 g/mol. The van der Waals surface area contributed by atoms with Crippen LogP contribution in [0.4, 0.5) is 5.69 Å². The van der Waals surface area contributed by atoms with Crippen LogP contribution in [-0.4, -0.2) is 31.7 Å². The zero-order valence-electron chi connectivity index (χ0n) is 19.5. The summed E-state index contributed by atoms with van der Waals surface area (Å²) >= 11 is 0. The number of aromatic nitrogens is 1. The molecule has 4 rings (SSSR count). The predicted octanol–water partition coefficient (Wildman–Crippen LogP) is 5.31. The number of pyridine rings is 1. The quantitative estimate of drug-likeness (QED) is 0.454. The number of nitrogens with zero attached hydrogens (tertiary/aromatic N) is 2. The molecule has 0 saturated carbocycles. The van der Waals surface area contributed by atoms with Crippen LogP contribution in [0.5, 0.6) is 0 Å². The topological polar surface area (TPSA) is 54.2 Å². The van der Waals surface area contributed by atoms with Gasteiger partial charge in [0.2, 0.25) is 0 Å². The molecule has 2 aromatic carbocycles. The lowest BCUT2D eigenvalue weighted by Gasteiger charge is -2.22. The van der Waals surface area contributed by atoms with E-state index in [0.717, 1.165) is 68.6 Å². The Morgan fingerprint density at radius 1 is 1.16 bits per heavy atom. The van der Waals surface area contributed by atoms with Crippen LogP contribution in [0, 0.1) is 5.92 Å². The van der Waals surface area contributed by atoms with Gasteiger partial charge in [-0.05, 0) is 74.9 Å². The van der Waals surface area contributed by atoms with Crippen LogP contribution < -0.4 is 16.0 Å². The molecule has 0 spiro atoms. The minimum atomic E-state index is 0.575. The van der Waals surface area contributed by atoms with Crippen LogP contribution in [0.25, 0.3) is 22.2 Å². The number of rotatable bonds is 9. The SMILES string of the molecule is C=C(N)C[C@@H]1CCN(c2cc(-c3ccc(CCCNC)cc3)nc3cc(CC)ccc23)C1. The van der Waals surface area contributed by atoms with Crippen LogP contribution in [0.3, 0.4) is 0 Å². The molecule has 1 aliphatic rings. The first-order chi connectivity index (χ1) is 15.6. The Labute approximate surface area is 192 Å². The zero-order valence-corrected chi connectivity index (χ0v) is 19.5. The van der Waals surface area contributed by atoms with E-state index in [1.807, 2.05) is 7.05 Å². The highest BCUT2D eigenvalue weighted by Crippen LogP contribution is 2.35. The van der Waals surface area contributed by atoms with Gasteiger partial charge >= 0.3 is 0 Å². The molecule has 1 saturated heterocycles. The van der Waals surface area contributed by atoms with E-state index in [1.54, 1.807) is 0 Å². The smallest absolute Gasteiger partial charge is 0.0733 e. The number of hydrogen-bond acceptors (Lipinski definition) is 4. The molecule has 168 valence electrons. The van der Waals surface area contributed by atoms with Gasteiger partial charge in [-0.1, -0.05) is 49.9 Å². The largest absolute Gasteiger partial charge is 0.403 e. The van der Waals surface area contributed by atoms with Gasteiger partial charge in [0.15, 0.2) is 0 Å². The molecule has 0 aliphatic carbocycles. The highest BCUT2D eigenvalue weighted by molar-refractivity contribution is 5.94. The summed E-state index contributed by atoms with van der Waals surface area (Å²) in [6.07, 6.45) is 5.33. The maximum Gasteiger partial charge on any atom is 0.0733 e. The molecule has 0 amide bonds. The van der Waals surface area contributed by atoms with Gasteiger partial charge in [0, 0.05) is 35.4 Å². The van der Waals surface area contributed by atoms with Crippen molar-refractivity contribution < 1.29 is 0 Å². The van der Waals surface area contributed by atoms with Crippen LogP contribution in [0.15, 0.2) is 60.8 Å². The fourth-order valence-electron chi connectivity index (χ4n) is 4.79. The third kappa shape index (κ3) is 5.13. The molecule has 4 heteroatoms. The molecule has 1 atom stereocenters. The number of fused-ring (bicyclic) bond motifs is 1. The monoisotopic (exact) mass is 428 g/mol. The van der Waals surface area contributed by atoms with E-state index in [-0.39, 0.29) is 0 Å². The van der Waals surface area contributed by atoms with Crippen LogP contribution >= 0.6 is 0 Å². The van der Waals surface area contributed by atoms with Gasteiger partial charge in [0.25, 0.3) is 0 Å². The second kappa shape index (κ2) is 10.2. The van der Waals surface area contributed by atoms with Gasteiger partial charge in [0.1, 0.15) is 0 Å². The number of benzene rings is 2. The lowest BCUT2D eigenvalue weighted by Crippen LogP contribution is -2.20. The maximum atomic E-state index is 5.90. The molecule has 0 bridgehead atoms. The van der Waals surface area contributed by atoms with Gasteiger partial charge in [-0.25, -0.2) is 4.98 Å². The van der Waals surface area contributed by atoms with Crippen molar-refractivity contribution in [1.29, 1.82) is 0 Å². The Bertz CT molecular complexity index is 1070. The number of aryl methyl sites for hydroxylation is 2. The van der Waals surface area contributed by atoms with Crippen molar-refractivity contribution in [3.8, 4) is 11.3 Å². The van der Waals surface area contributed by atoms with Crippen molar-refractivity contribution in [3.63, 3.8) is 0 Å². The lowest BCUT2D eigenvalue weighted by atomic mass is 10.0. The van der Waals surface area contributed by atoms with Gasteiger partial charge < -0.3 is 16.0 Å². The van der Waals surface area contributed by atoms with E-state index < -0.39 is 0 Å². The molecule has 1 aliphatic heterocycles. The Morgan fingerprint density at radius 3 is 2.66 bits per heavy atom. The predicted molar refractivity (Wildman–Crippen MR) is 137 cm³/mol. The van der Waals surface area contributed by atoms with E-state index in [1.165, 1.54) is 27.8 Å². The first kappa shape index (κ1) is 22.3. The molecular formula is C28H36N4. The summed E-state index contributed by atoms with van der Waals surface area (Å²) in [5.41, 5.74) is 14.0. The normalized spacial score (nSPS) is 16.1. The van der Waals surface area contributed by atoms with Crippen molar-refractivity contribution >= 4 is 16.6 Å². The minimum absolute atomic E-state index is 0.575. The second-order valence-electron chi connectivity index (χ2n) is 9.10. The third-order valence-corrected chi connectivity index (χ3v) is 6.58. The maximum absolute atomic E-state index is 5.90. The molecule has 0 radical (unpaired) electrons. The van der Waals surface area contributed by atoms with Crippen molar-refractivity contribution in [3.05, 3.63) is 71.9 Å². The number of nitrogens with one attached hydrogen (secondary N) is 1. The summed E-state index contributed by atoms with van der Waals surface area (Å²) in [5.74, 6) is 0.575. The average Bonchev–Trinajstić information content (AvgIpc) is 3.26. The molecule has 3 N–H and O–H groups in total. The van der Waals surface area contributed by atoms with E-state index in [4.69, 9.17) is 10.7 Å².